The maximum Gasteiger partial charge on any atom is 0.188 e. The van der Waals surface area contributed by atoms with E-state index in [1.54, 1.807) is 13.3 Å². The number of anilines is 1. The molecule has 0 aromatic carbocycles. The fourth-order valence-corrected chi connectivity index (χ4v) is 2.23. The van der Waals surface area contributed by atoms with Crippen molar-refractivity contribution in [2.75, 3.05) is 25.2 Å². The molecule has 0 aliphatic heterocycles. The fourth-order valence-electron chi connectivity index (χ4n) is 2.23. The van der Waals surface area contributed by atoms with E-state index in [0.717, 1.165) is 25.1 Å². The van der Waals surface area contributed by atoms with Crippen molar-refractivity contribution in [2.24, 2.45) is 10.9 Å². The largest absolute Gasteiger partial charge is 0.409 e. The van der Waals surface area contributed by atoms with E-state index in [2.05, 4.69) is 28.9 Å². The molecule has 3 N–H and O–H groups in total. The van der Waals surface area contributed by atoms with Gasteiger partial charge in [-0.25, -0.2) is 0 Å². The Balaban J connectivity index is 3.06. The number of aromatic nitrogens is 1. The second-order valence-corrected chi connectivity index (χ2v) is 4.54. The number of ether oxygens (including phenoxy) is 1. The van der Waals surface area contributed by atoms with E-state index in [0.29, 0.717) is 18.3 Å². The molecule has 1 heterocycles. The minimum atomic E-state index is 0.0167. The predicted octanol–water partition coefficient (Wildman–Crippen LogP) is 1.82. The van der Waals surface area contributed by atoms with E-state index in [4.69, 9.17) is 15.7 Å². The summed E-state index contributed by atoms with van der Waals surface area (Å²) in [6, 6.07) is 4.19. The maximum atomic E-state index is 8.75. The Morgan fingerprint density at radius 1 is 1.50 bits per heavy atom. The Kier molecular flexibility index (Phi) is 6.79. The van der Waals surface area contributed by atoms with Crippen LogP contribution in [0.5, 0.6) is 0 Å². The Morgan fingerprint density at radius 2 is 2.20 bits per heavy atom. The standard InChI is InChI=1S/C14H24N4O2/c1-4-11(5-2)18(8-9-20-3)12-6-7-16-13(10-12)14(15)17-19/h6-7,10-11,19H,4-5,8-9H2,1-3H3,(H2,15,17). The zero-order valence-electron chi connectivity index (χ0n) is 12.4. The summed E-state index contributed by atoms with van der Waals surface area (Å²) in [5.74, 6) is 0.0167. The van der Waals surface area contributed by atoms with Crippen molar-refractivity contribution in [1.82, 2.24) is 4.98 Å². The van der Waals surface area contributed by atoms with E-state index in [1.165, 1.54) is 0 Å². The molecule has 1 rings (SSSR count). The van der Waals surface area contributed by atoms with Crippen LogP contribution in [0.15, 0.2) is 23.5 Å². The van der Waals surface area contributed by atoms with Gasteiger partial charge in [0, 0.05) is 31.6 Å². The second-order valence-electron chi connectivity index (χ2n) is 4.54. The number of nitrogens with two attached hydrogens (primary N) is 1. The molecule has 6 nitrogen and oxygen atoms in total. The highest BCUT2D eigenvalue weighted by Crippen LogP contribution is 2.20. The quantitative estimate of drug-likeness (QED) is 0.328. The first-order valence-corrected chi connectivity index (χ1v) is 6.87. The van der Waals surface area contributed by atoms with Crippen LogP contribution in [-0.4, -0.2) is 42.3 Å². The summed E-state index contributed by atoms with van der Waals surface area (Å²) in [5, 5.41) is 11.7. The lowest BCUT2D eigenvalue weighted by Crippen LogP contribution is -2.37. The summed E-state index contributed by atoms with van der Waals surface area (Å²) < 4.78 is 5.19. The second kappa shape index (κ2) is 8.37. The molecule has 0 aliphatic rings. The number of hydrogen-bond donors (Lipinski definition) is 2. The van der Waals surface area contributed by atoms with Gasteiger partial charge in [0.25, 0.3) is 0 Å². The summed E-state index contributed by atoms with van der Waals surface area (Å²) in [7, 11) is 1.69. The molecule has 0 spiro atoms. The van der Waals surface area contributed by atoms with Crippen molar-refractivity contribution in [3.63, 3.8) is 0 Å². The van der Waals surface area contributed by atoms with Gasteiger partial charge < -0.3 is 20.6 Å². The summed E-state index contributed by atoms with van der Waals surface area (Å²) in [4.78, 5) is 6.39. The van der Waals surface area contributed by atoms with Gasteiger partial charge in [0.05, 0.1) is 6.61 Å². The van der Waals surface area contributed by atoms with Crippen molar-refractivity contribution in [1.29, 1.82) is 0 Å². The first-order chi connectivity index (χ1) is 9.67. The number of oxime groups is 1. The van der Waals surface area contributed by atoms with E-state index in [-0.39, 0.29) is 5.84 Å². The third kappa shape index (κ3) is 4.09. The smallest absolute Gasteiger partial charge is 0.188 e. The number of methoxy groups -OCH3 is 1. The normalized spacial score (nSPS) is 11.9. The molecule has 6 heteroatoms. The number of nitrogens with zero attached hydrogens (tertiary/aromatic N) is 3. The maximum absolute atomic E-state index is 8.75. The number of hydrogen-bond acceptors (Lipinski definition) is 5. The summed E-state index contributed by atoms with van der Waals surface area (Å²) in [6.07, 6.45) is 3.76. The van der Waals surface area contributed by atoms with E-state index < -0.39 is 0 Å². The molecule has 0 atom stereocenters. The molecule has 112 valence electrons. The lowest BCUT2D eigenvalue weighted by molar-refractivity contribution is 0.202. The Labute approximate surface area is 120 Å². The topological polar surface area (TPSA) is 84.0 Å². The van der Waals surface area contributed by atoms with Crippen LogP contribution in [0.1, 0.15) is 32.4 Å². The molecule has 0 amide bonds. The molecule has 0 saturated carbocycles. The molecule has 1 aromatic heterocycles. The van der Waals surface area contributed by atoms with Crippen LogP contribution in [-0.2, 0) is 4.74 Å². The van der Waals surface area contributed by atoms with Gasteiger partial charge in [-0.15, -0.1) is 0 Å². The van der Waals surface area contributed by atoms with Crippen LogP contribution in [0.4, 0.5) is 5.69 Å². The van der Waals surface area contributed by atoms with Crippen molar-refractivity contribution in [3.05, 3.63) is 24.0 Å². The van der Waals surface area contributed by atoms with Gasteiger partial charge in [0.2, 0.25) is 0 Å². The fraction of sp³-hybridized carbons (Fsp3) is 0.571. The minimum Gasteiger partial charge on any atom is -0.409 e. The zero-order chi connectivity index (χ0) is 15.0. The average molecular weight is 280 g/mol. The monoisotopic (exact) mass is 280 g/mol. The van der Waals surface area contributed by atoms with Gasteiger partial charge >= 0.3 is 0 Å². The van der Waals surface area contributed by atoms with E-state index in [1.807, 2.05) is 12.1 Å². The van der Waals surface area contributed by atoms with Crippen LogP contribution < -0.4 is 10.6 Å². The molecule has 0 radical (unpaired) electrons. The molecule has 1 aromatic rings. The van der Waals surface area contributed by atoms with Gasteiger partial charge in [-0.1, -0.05) is 19.0 Å². The first-order valence-electron chi connectivity index (χ1n) is 6.87. The molecule has 20 heavy (non-hydrogen) atoms. The highest BCUT2D eigenvalue weighted by molar-refractivity contribution is 5.95. The Morgan fingerprint density at radius 3 is 2.75 bits per heavy atom. The Hall–Kier alpha value is -1.82. The Bertz CT molecular complexity index is 433. The van der Waals surface area contributed by atoms with E-state index in [9.17, 15) is 0 Å². The summed E-state index contributed by atoms with van der Waals surface area (Å²) >= 11 is 0. The van der Waals surface area contributed by atoms with Crippen LogP contribution in [0, 0.1) is 0 Å². The molecule has 0 bridgehead atoms. The van der Waals surface area contributed by atoms with Crippen molar-refractivity contribution in [3.8, 4) is 0 Å². The SMILES string of the molecule is CCC(CC)N(CCOC)c1ccnc(C(N)=NO)c1. The summed E-state index contributed by atoms with van der Waals surface area (Å²) in [6.45, 7) is 5.78. The van der Waals surface area contributed by atoms with Crippen LogP contribution in [0.2, 0.25) is 0 Å². The third-order valence-corrected chi connectivity index (χ3v) is 3.36. The molecule has 0 saturated heterocycles. The first kappa shape index (κ1) is 16.2. The molecule has 0 aliphatic carbocycles. The minimum absolute atomic E-state index is 0.0167. The highest BCUT2D eigenvalue weighted by Gasteiger charge is 2.16. The molecule has 0 fully saturated rings. The van der Waals surface area contributed by atoms with E-state index >= 15 is 0 Å². The number of amidine groups is 1. The van der Waals surface area contributed by atoms with Crippen molar-refractivity contribution in [2.45, 2.75) is 32.7 Å². The van der Waals surface area contributed by atoms with Gasteiger partial charge in [0.1, 0.15) is 5.69 Å². The number of rotatable bonds is 8. The lowest BCUT2D eigenvalue weighted by Gasteiger charge is -2.32. The van der Waals surface area contributed by atoms with Gasteiger partial charge in [0.15, 0.2) is 5.84 Å². The van der Waals surface area contributed by atoms with Gasteiger partial charge in [-0.2, -0.15) is 0 Å². The lowest BCUT2D eigenvalue weighted by atomic mass is 10.1. The zero-order valence-corrected chi connectivity index (χ0v) is 12.4. The van der Waals surface area contributed by atoms with Crippen LogP contribution in [0.25, 0.3) is 0 Å². The summed E-state index contributed by atoms with van der Waals surface area (Å²) in [5.41, 5.74) is 7.08. The van der Waals surface area contributed by atoms with Crippen molar-refractivity contribution >= 4 is 11.5 Å². The number of pyridine rings is 1. The molecular formula is C14H24N4O2. The average Bonchev–Trinajstić information content (AvgIpc) is 2.50. The van der Waals surface area contributed by atoms with Crippen molar-refractivity contribution < 1.29 is 9.94 Å². The van der Waals surface area contributed by atoms with Crippen LogP contribution >= 0.6 is 0 Å². The highest BCUT2D eigenvalue weighted by atomic mass is 16.5. The van der Waals surface area contributed by atoms with Gasteiger partial charge in [-0.05, 0) is 25.0 Å². The van der Waals surface area contributed by atoms with Crippen LogP contribution in [0.3, 0.4) is 0 Å². The predicted molar refractivity (Wildman–Crippen MR) is 80.3 cm³/mol. The molecular weight excluding hydrogens is 256 g/mol. The third-order valence-electron chi connectivity index (χ3n) is 3.36. The van der Waals surface area contributed by atoms with Gasteiger partial charge in [-0.3, -0.25) is 4.98 Å². The molecule has 0 unspecified atom stereocenters.